The van der Waals surface area contributed by atoms with Crippen molar-refractivity contribution in [2.75, 3.05) is 19.5 Å². The number of rotatable bonds is 3. The first kappa shape index (κ1) is 13.8. The molecule has 3 heteroatoms. The van der Waals surface area contributed by atoms with Gasteiger partial charge in [-0.3, -0.25) is 0 Å². The molecule has 1 N–H and O–H groups in total. The largest absolute Gasteiger partial charge is 0.497 e. The van der Waals surface area contributed by atoms with E-state index in [1.54, 1.807) is 14.2 Å². The van der Waals surface area contributed by atoms with E-state index in [-0.39, 0.29) is 6.04 Å². The van der Waals surface area contributed by atoms with Crippen molar-refractivity contribution in [1.29, 1.82) is 0 Å². The Balaban J connectivity index is 1.97. The van der Waals surface area contributed by atoms with Gasteiger partial charge in [0.15, 0.2) is 0 Å². The van der Waals surface area contributed by atoms with Crippen molar-refractivity contribution in [1.82, 2.24) is 0 Å². The van der Waals surface area contributed by atoms with Crippen LogP contribution in [0, 0.1) is 5.92 Å². The molecule has 0 saturated heterocycles. The van der Waals surface area contributed by atoms with Crippen molar-refractivity contribution in [3.8, 4) is 11.5 Å². The summed E-state index contributed by atoms with van der Waals surface area (Å²) in [6, 6.07) is 14.9. The summed E-state index contributed by atoms with van der Waals surface area (Å²) >= 11 is 0. The first-order valence-corrected chi connectivity index (χ1v) is 7.28. The Hall–Kier alpha value is -2.16. The molecule has 110 valence electrons. The third kappa shape index (κ3) is 2.68. The zero-order valence-electron chi connectivity index (χ0n) is 12.7. The fourth-order valence-electron chi connectivity index (χ4n) is 3.03. The van der Waals surface area contributed by atoms with Crippen LogP contribution in [0.5, 0.6) is 11.5 Å². The molecule has 2 aromatic rings. The van der Waals surface area contributed by atoms with Gasteiger partial charge in [-0.15, -0.1) is 0 Å². The minimum absolute atomic E-state index is 0.267. The van der Waals surface area contributed by atoms with Crippen LogP contribution in [0.15, 0.2) is 42.5 Å². The van der Waals surface area contributed by atoms with Gasteiger partial charge in [0, 0.05) is 11.8 Å². The van der Waals surface area contributed by atoms with Gasteiger partial charge in [0.2, 0.25) is 0 Å². The summed E-state index contributed by atoms with van der Waals surface area (Å²) in [5, 5.41) is 3.65. The van der Waals surface area contributed by atoms with Gasteiger partial charge in [0.25, 0.3) is 0 Å². The van der Waals surface area contributed by atoms with Gasteiger partial charge in [-0.05, 0) is 41.7 Å². The fourth-order valence-corrected chi connectivity index (χ4v) is 3.03. The first-order chi connectivity index (χ1) is 10.2. The molecule has 0 spiro atoms. The van der Waals surface area contributed by atoms with Crippen molar-refractivity contribution >= 4 is 5.69 Å². The lowest BCUT2D eigenvalue weighted by Crippen LogP contribution is -2.26. The summed E-state index contributed by atoms with van der Waals surface area (Å²) in [6.07, 6.45) is 1.08. The van der Waals surface area contributed by atoms with Crippen molar-refractivity contribution in [2.24, 2.45) is 5.92 Å². The van der Waals surface area contributed by atoms with Gasteiger partial charge in [-0.25, -0.2) is 0 Å². The van der Waals surface area contributed by atoms with Crippen LogP contribution in [0.25, 0.3) is 0 Å². The van der Waals surface area contributed by atoms with E-state index in [2.05, 4.69) is 48.6 Å². The monoisotopic (exact) mass is 283 g/mol. The van der Waals surface area contributed by atoms with E-state index in [1.807, 2.05) is 6.07 Å². The van der Waals surface area contributed by atoms with Crippen molar-refractivity contribution < 1.29 is 9.47 Å². The molecule has 0 amide bonds. The SMILES string of the molecule is COc1cc(OC)cc(C2Nc3ccccc3CC2C)c1. The Labute approximate surface area is 125 Å². The van der Waals surface area contributed by atoms with E-state index in [0.717, 1.165) is 17.9 Å². The minimum Gasteiger partial charge on any atom is -0.497 e. The number of methoxy groups -OCH3 is 2. The predicted molar refractivity (Wildman–Crippen MR) is 85.2 cm³/mol. The molecule has 1 aliphatic rings. The van der Waals surface area contributed by atoms with E-state index in [9.17, 15) is 0 Å². The van der Waals surface area contributed by atoms with E-state index in [1.165, 1.54) is 16.8 Å². The van der Waals surface area contributed by atoms with Gasteiger partial charge in [0.1, 0.15) is 11.5 Å². The van der Waals surface area contributed by atoms with Crippen molar-refractivity contribution in [2.45, 2.75) is 19.4 Å². The Morgan fingerprint density at radius 3 is 2.33 bits per heavy atom. The summed E-state index contributed by atoms with van der Waals surface area (Å²) in [5.41, 5.74) is 3.81. The maximum Gasteiger partial charge on any atom is 0.122 e. The number of ether oxygens (including phenoxy) is 2. The van der Waals surface area contributed by atoms with E-state index < -0.39 is 0 Å². The maximum absolute atomic E-state index is 5.39. The molecule has 0 aliphatic carbocycles. The maximum atomic E-state index is 5.39. The summed E-state index contributed by atoms with van der Waals surface area (Å²) in [6.45, 7) is 2.28. The molecule has 0 saturated carbocycles. The van der Waals surface area contributed by atoms with Crippen LogP contribution in [-0.4, -0.2) is 14.2 Å². The van der Waals surface area contributed by atoms with E-state index >= 15 is 0 Å². The quantitative estimate of drug-likeness (QED) is 0.922. The molecule has 0 fully saturated rings. The highest BCUT2D eigenvalue weighted by Gasteiger charge is 2.26. The highest BCUT2D eigenvalue weighted by Crippen LogP contribution is 2.38. The molecule has 2 unspecified atom stereocenters. The Bertz CT molecular complexity index is 617. The number of para-hydroxylation sites is 1. The van der Waals surface area contributed by atoms with Gasteiger partial charge in [0.05, 0.1) is 20.3 Å². The molecular formula is C18H21NO2. The molecule has 21 heavy (non-hydrogen) atoms. The molecule has 0 radical (unpaired) electrons. The van der Waals surface area contributed by atoms with Crippen LogP contribution >= 0.6 is 0 Å². The van der Waals surface area contributed by atoms with Crippen molar-refractivity contribution in [3.05, 3.63) is 53.6 Å². The lowest BCUT2D eigenvalue weighted by molar-refractivity contribution is 0.390. The van der Waals surface area contributed by atoms with Crippen LogP contribution in [0.4, 0.5) is 5.69 Å². The number of fused-ring (bicyclic) bond motifs is 1. The number of benzene rings is 2. The number of anilines is 1. The summed E-state index contributed by atoms with van der Waals surface area (Å²) in [5.74, 6) is 2.17. The normalized spacial score (nSPS) is 20.3. The second-order valence-electron chi connectivity index (χ2n) is 5.61. The second-order valence-corrected chi connectivity index (χ2v) is 5.61. The highest BCUT2D eigenvalue weighted by molar-refractivity contribution is 5.56. The van der Waals surface area contributed by atoms with E-state index in [4.69, 9.17) is 9.47 Å². The molecule has 0 bridgehead atoms. The summed E-state index contributed by atoms with van der Waals surface area (Å²) in [7, 11) is 3.37. The number of hydrogen-bond donors (Lipinski definition) is 1. The fraction of sp³-hybridized carbons (Fsp3) is 0.333. The molecule has 3 rings (SSSR count). The summed E-state index contributed by atoms with van der Waals surface area (Å²) in [4.78, 5) is 0. The smallest absolute Gasteiger partial charge is 0.122 e. The lowest BCUT2D eigenvalue weighted by Gasteiger charge is -2.33. The predicted octanol–water partition coefficient (Wildman–Crippen LogP) is 4.05. The average molecular weight is 283 g/mol. The zero-order valence-corrected chi connectivity index (χ0v) is 12.7. The topological polar surface area (TPSA) is 30.5 Å². The number of nitrogens with one attached hydrogen (secondary N) is 1. The van der Waals surface area contributed by atoms with Crippen LogP contribution in [0.1, 0.15) is 24.1 Å². The van der Waals surface area contributed by atoms with Gasteiger partial charge >= 0.3 is 0 Å². The van der Waals surface area contributed by atoms with Crippen LogP contribution in [0.3, 0.4) is 0 Å². The van der Waals surface area contributed by atoms with Crippen LogP contribution in [0.2, 0.25) is 0 Å². The van der Waals surface area contributed by atoms with Gasteiger partial charge in [-0.2, -0.15) is 0 Å². The first-order valence-electron chi connectivity index (χ1n) is 7.28. The molecule has 2 atom stereocenters. The third-order valence-corrected chi connectivity index (χ3v) is 4.17. The molecular weight excluding hydrogens is 262 g/mol. The standard InChI is InChI=1S/C18H21NO2/c1-12-8-13-6-4-5-7-17(13)19-18(12)14-9-15(20-2)11-16(10-14)21-3/h4-7,9-12,18-19H,8H2,1-3H3. The number of hydrogen-bond acceptors (Lipinski definition) is 3. The zero-order chi connectivity index (χ0) is 14.8. The van der Waals surface area contributed by atoms with Gasteiger partial charge in [-0.1, -0.05) is 25.1 Å². The lowest BCUT2D eigenvalue weighted by atomic mass is 9.85. The third-order valence-electron chi connectivity index (χ3n) is 4.17. The minimum atomic E-state index is 0.267. The second kappa shape index (κ2) is 5.68. The average Bonchev–Trinajstić information content (AvgIpc) is 2.53. The molecule has 3 nitrogen and oxygen atoms in total. The Morgan fingerprint density at radius 2 is 1.67 bits per heavy atom. The molecule has 2 aromatic carbocycles. The van der Waals surface area contributed by atoms with Crippen molar-refractivity contribution in [3.63, 3.8) is 0 Å². The molecule has 0 aromatic heterocycles. The molecule has 1 aliphatic heterocycles. The van der Waals surface area contributed by atoms with Crippen LogP contribution < -0.4 is 14.8 Å². The molecule has 1 heterocycles. The van der Waals surface area contributed by atoms with Crippen LogP contribution in [-0.2, 0) is 6.42 Å². The van der Waals surface area contributed by atoms with Gasteiger partial charge < -0.3 is 14.8 Å². The highest BCUT2D eigenvalue weighted by atomic mass is 16.5. The summed E-state index contributed by atoms with van der Waals surface area (Å²) < 4.78 is 10.8. The Kier molecular flexibility index (Phi) is 3.74. The van der Waals surface area contributed by atoms with E-state index in [0.29, 0.717) is 5.92 Å². The Morgan fingerprint density at radius 1 is 1.00 bits per heavy atom.